The van der Waals surface area contributed by atoms with E-state index in [1.54, 1.807) is 32.2 Å². The smallest absolute Gasteiger partial charge is 0.311 e. The van der Waals surface area contributed by atoms with Crippen molar-refractivity contribution in [2.24, 2.45) is 0 Å². The van der Waals surface area contributed by atoms with Gasteiger partial charge in [-0.2, -0.15) is 0 Å². The molecule has 6 nitrogen and oxygen atoms in total. The second-order valence-electron chi connectivity index (χ2n) is 6.29. The first-order valence-corrected chi connectivity index (χ1v) is 8.57. The molecule has 1 amide bonds. The van der Waals surface area contributed by atoms with Gasteiger partial charge in [0, 0.05) is 22.7 Å². The largest absolute Gasteiger partial charge is 0.497 e. The van der Waals surface area contributed by atoms with Crippen molar-refractivity contribution in [1.82, 2.24) is 0 Å². The minimum absolute atomic E-state index is 0.0153. The molecule has 0 saturated heterocycles. The molecule has 140 valence electrons. The van der Waals surface area contributed by atoms with Gasteiger partial charge in [-0.15, -0.1) is 0 Å². The Hall–Kier alpha value is -3.28. The highest BCUT2D eigenvalue weighted by molar-refractivity contribution is 5.95. The van der Waals surface area contributed by atoms with Crippen LogP contribution in [0.25, 0.3) is 11.0 Å². The summed E-state index contributed by atoms with van der Waals surface area (Å²) >= 11 is 0. The SMILES string of the molecule is COc1ccc2c(CC(=O)OC(C)C(=O)Nc3cccc(C)c3)coc2c1. The number of amides is 1. The van der Waals surface area contributed by atoms with Gasteiger partial charge in [0.15, 0.2) is 6.10 Å². The van der Waals surface area contributed by atoms with Crippen LogP contribution < -0.4 is 10.1 Å². The summed E-state index contributed by atoms with van der Waals surface area (Å²) in [5.41, 5.74) is 3.02. The van der Waals surface area contributed by atoms with Gasteiger partial charge in [0.1, 0.15) is 11.3 Å². The van der Waals surface area contributed by atoms with Gasteiger partial charge in [0.05, 0.1) is 19.8 Å². The van der Waals surface area contributed by atoms with Crippen molar-refractivity contribution in [3.05, 3.63) is 59.9 Å². The normalized spacial score (nSPS) is 11.8. The van der Waals surface area contributed by atoms with Crippen molar-refractivity contribution < 1.29 is 23.5 Å². The van der Waals surface area contributed by atoms with Gasteiger partial charge in [-0.1, -0.05) is 12.1 Å². The number of carbonyl (C=O) groups is 2. The van der Waals surface area contributed by atoms with E-state index in [1.807, 2.05) is 31.2 Å². The molecule has 27 heavy (non-hydrogen) atoms. The fourth-order valence-corrected chi connectivity index (χ4v) is 2.74. The van der Waals surface area contributed by atoms with Gasteiger partial charge in [-0.3, -0.25) is 9.59 Å². The molecule has 1 aromatic heterocycles. The van der Waals surface area contributed by atoms with Gasteiger partial charge < -0.3 is 19.2 Å². The third-order valence-electron chi connectivity index (χ3n) is 4.16. The number of methoxy groups -OCH3 is 1. The van der Waals surface area contributed by atoms with Crippen molar-refractivity contribution in [2.45, 2.75) is 26.4 Å². The van der Waals surface area contributed by atoms with Gasteiger partial charge >= 0.3 is 5.97 Å². The highest BCUT2D eigenvalue weighted by atomic mass is 16.5. The van der Waals surface area contributed by atoms with Crippen LogP contribution in [0, 0.1) is 6.92 Å². The van der Waals surface area contributed by atoms with E-state index < -0.39 is 12.1 Å². The number of hydrogen-bond acceptors (Lipinski definition) is 5. The molecule has 6 heteroatoms. The summed E-state index contributed by atoms with van der Waals surface area (Å²) in [6.45, 7) is 3.48. The van der Waals surface area contributed by atoms with E-state index in [0.29, 0.717) is 22.6 Å². The van der Waals surface area contributed by atoms with E-state index in [9.17, 15) is 9.59 Å². The van der Waals surface area contributed by atoms with Crippen molar-refractivity contribution in [2.75, 3.05) is 12.4 Å². The van der Waals surface area contributed by atoms with Gasteiger partial charge in [0.25, 0.3) is 5.91 Å². The maximum atomic E-state index is 12.2. The monoisotopic (exact) mass is 367 g/mol. The number of furan rings is 1. The number of ether oxygens (including phenoxy) is 2. The first kappa shape index (κ1) is 18.5. The van der Waals surface area contributed by atoms with Crippen molar-refractivity contribution >= 4 is 28.5 Å². The molecule has 1 unspecified atom stereocenters. The molecule has 0 aliphatic heterocycles. The van der Waals surface area contributed by atoms with Gasteiger partial charge in [-0.05, 0) is 43.7 Å². The molecule has 3 aromatic rings. The summed E-state index contributed by atoms with van der Waals surface area (Å²) in [5.74, 6) is -0.205. The molecular formula is C21H21NO5. The molecule has 0 fully saturated rings. The molecule has 1 atom stereocenters. The number of aryl methyl sites for hydroxylation is 1. The van der Waals surface area contributed by atoms with Crippen LogP contribution in [0.15, 0.2) is 53.1 Å². The molecular weight excluding hydrogens is 346 g/mol. The Kier molecular flexibility index (Phi) is 5.45. The predicted molar refractivity (Wildman–Crippen MR) is 102 cm³/mol. The first-order valence-electron chi connectivity index (χ1n) is 8.57. The number of fused-ring (bicyclic) bond motifs is 1. The number of carbonyl (C=O) groups excluding carboxylic acids is 2. The van der Waals surface area contributed by atoms with E-state index >= 15 is 0 Å². The molecule has 0 bridgehead atoms. The Morgan fingerprint density at radius 1 is 1.19 bits per heavy atom. The standard InChI is InChI=1S/C21H21NO5/c1-13-5-4-6-16(9-13)22-21(24)14(2)27-20(23)10-15-12-26-19-11-17(25-3)7-8-18(15)19/h4-9,11-12,14H,10H2,1-3H3,(H,22,24). The minimum Gasteiger partial charge on any atom is -0.497 e. The lowest BCUT2D eigenvalue weighted by molar-refractivity contribution is -0.152. The summed E-state index contributed by atoms with van der Waals surface area (Å²) in [6, 6.07) is 12.8. The number of anilines is 1. The quantitative estimate of drug-likeness (QED) is 0.669. The van der Waals surface area contributed by atoms with Crippen molar-refractivity contribution in [3.8, 4) is 5.75 Å². The van der Waals surface area contributed by atoms with Crippen molar-refractivity contribution in [3.63, 3.8) is 0 Å². The van der Waals surface area contributed by atoms with Crippen LogP contribution in [-0.4, -0.2) is 25.1 Å². The molecule has 0 spiro atoms. The molecule has 3 rings (SSSR count). The summed E-state index contributed by atoms with van der Waals surface area (Å²) < 4.78 is 15.9. The predicted octanol–water partition coefficient (Wildman–Crippen LogP) is 3.86. The Morgan fingerprint density at radius 3 is 2.74 bits per heavy atom. The third kappa shape index (κ3) is 4.47. The average molecular weight is 367 g/mol. The number of benzene rings is 2. The summed E-state index contributed by atoms with van der Waals surface area (Å²) in [7, 11) is 1.57. The van der Waals surface area contributed by atoms with Crippen LogP contribution >= 0.6 is 0 Å². The van der Waals surface area contributed by atoms with Crippen LogP contribution in [0.4, 0.5) is 5.69 Å². The number of hydrogen-bond donors (Lipinski definition) is 1. The topological polar surface area (TPSA) is 77.8 Å². The van der Waals surface area contributed by atoms with Crippen LogP contribution in [-0.2, 0) is 20.7 Å². The van der Waals surface area contributed by atoms with Crippen molar-refractivity contribution in [1.29, 1.82) is 0 Å². The highest BCUT2D eigenvalue weighted by Gasteiger charge is 2.19. The molecule has 0 aliphatic rings. The summed E-state index contributed by atoms with van der Waals surface area (Å²) in [6.07, 6.45) is 0.626. The Morgan fingerprint density at radius 2 is 2.00 bits per heavy atom. The average Bonchev–Trinajstić information content (AvgIpc) is 3.03. The van der Waals surface area contributed by atoms with Gasteiger partial charge in [0.2, 0.25) is 0 Å². The highest BCUT2D eigenvalue weighted by Crippen LogP contribution is 2.26. The maximum Gasteiger partial charge on any atom is 0.311 e. The maximum absolute atomic E-state index is 12.2. The lowest BCUT2D eigenvalue weighted by atomic mass is 10.1. The first-order chi connectivity index (χ1) is 13.0. The van der Waals surface area contributed by atoms with Crippen LogP contribution in [0.3, 0.4) is 0 Å². The zero-order chi connectivity index (χ0) is 19.4. The molecule has 1 N–H and O–H groups in total. The fraction of sp³-hybridized carbons (Fsp3) is 0.238. The Bertz CT molecular complexity index is 976. The molecule has 0 saturated carbocycles. The molecule has 0 radical (unpaired) electrons. The Balaban J connectivity index is 1.61. The third-order valence-corrected chi connectivity index (χ3v) is 4.16. The number of rotatable bonds is 6. The molecule has 2 aromatic carbocycles. The Labute approximate surface area is 157 Å². The van der Waals surface area contributed by atoms with E-state index in [1.165, 1.54) is 6.26 Å². The van der Waals surface area contributed by atoms with Crippen LogP contribution in [0.5, 0.6) is 5.75 Å². The van der Waals surface area contributed by atoms with E-state index in [0.717, 1.165) is 10.9 Å². The van der Waals surface area contributed by atoms with E-state index in [-0.39, 0.29) is 12.3 Å². The zero-order valence-corrected chi connectivity index (χ0v) is 15.4. The zero-order valence-electron chi connectivity index (χ0n) is 15.4. The van der Waals surface area contributed by atoms with E-state index in [4.69, 9.17) is 13.9 Å². The summed E-state index contributed by atoms with van der Waals surface area (Å²) in [5, 5.41) is 3.55. The lowest BCUT2D eigenvalue weighted by Gasteiger charge is -2.13. The molecule has 1 heterocycles. The van der Waals surface area contributed by atoms with Gasteiger partial charge in [-0.25, -0.2) is 0 Å². The summed E-state index contributed by atoms with van der Waals surface area (Å²) in [4.78, 5) is 24.5. The number of nitrogens with one attached hydrogen (secondary N) is 1. The number of esters is 1. The minimum atomic E-state index is -0.906. The van der Waals surface area contributed by atoms with Crippen LogP contribution in [0.1, 0.15) is 18.1 Å². The lowest BCUT2D eigenvalue weighted by Crippen LogP contribution is -2.30. The molecule has 0 aliphatic carbocycles. The second-order valence-corrected chi connectivity index (χ2v) is 6.29. The van der Waals surface area contributed by atoms with Crippen LogP contribution in [0.2, 0.25) is 0 Å². The fourth-order valence-electron chi connectivity index (χ4n) is 2.74. The van der Waals surface area contributed by atoms with E-state index in [2.05, 4.69) is 5.32 Å². The second kappa shape index (κ2) is 7.95.